The Morgan fingerprint density at radius 3 is 3.05 bits per heavy atom. The van der Waals surface area contributed by atoms with Gasteiger partial charge in [-0.1, -0.05) is 0 Å². The van der Waals surface area contributed by atoms with Gasteiger partial charge in [0.2, 0.25) is 0 Å². The van der Waals surface area contributed by atoms with Crippen LogP contribution < -0.4 is 5.73 Å². The third-order valence-electron chi connectivity index (χ3n) is 2.90. The van der Waals surface area contributed by atoms with E-state index in [9.17, 15) is 4.21 Å². The van der Waals surface area contributed by atoms with Gasteiger partial charge in [0.15, 0.2) is 5.58 Å². The molecule has 2 N–H and O–H groups in total. The first-order chi connectivity index (χ1) is 9.65. The van der Waals surface area contributed by atoms with Crippen molar-refractivity contribution in [1.29, 1.82) is 0 Å². The Kier molecular flexibility index (Phi) is 3.27. The van der Waals surface area contributed by atoms with Crippen molar-refractivity contribution in [3.05, 3.63) is 36.2 Å². The molecule has 0 saturated carbocycles. The molecule has 2 heterocycles. The maximum atomic E-state index is 12.3. The maximum absolute atomic E-state index is 12.3. The Morgan fingerprint density at radius 1 is 1.45 bits per heavy atom. The van der Waals surface area contributed by atoms with Gasteiger partial charge in [0, 0.05) is 24.0 Å². The number of fused-ring (bicyclic) bond motifs is 1. The lowest BCUT2D eigenvalue weighted by atomic mass is 10.3. The normalized spacial score (nSPS) is 12.8. The molecule has 104 valence electrons. The van der Waals surface area contributed by atoms with Crippen molar-refractivity contribution in [3.63, 3.8) is 0 Å². The van der Waals surface area contributed by atoms with Crippen molar-refractivity contribution in [2.75, 3.05) is 5.73 Å². The minimum atomic E-state index is -1.33. The van der Waals surface area contributed by atoms with Gasteiger partial charge >= 0.3 is 0 Å². The van der Waals surface area contributed by atoms with Crippen molar-refractivity contribution >= 4 is 27.6 Å². The predicted octanol–water partition coefficient (Wildman–Crippen LogP) is 1.93. The zero-order chi connectivity index (χ0) is 14.1. The summed E-state index contributed by atoms with van der Waals surface area (Å²) in [6.07, 6.45) is 3.58. The Balaban J connectivity index is 1.84. The lowest BCUT2D eigenvalue weighted by molar-refractivity contribution is 0.477. The van der Waals surface area contributed by atoms with Crippen molar-refractivity contribution in [2.24, 2.45) is 0 Å². The number of aromatic nitrogens is 3. The molecule has 0 spiro atoms. The second kappa shape index (κ2) is 5.09. The van der Waals surface area contributed by atoms with Crippen molar-refractivity contribution in [2.45, 2.75) is 24.4 Å². The number of anilines is 1. The minimum Gasteiger partial charge on any atom is -0.430 e. The first-order valence-corrected chi connectivity index (χ1v) is 7.53. The molecule has 3 rings (SSSR count). The van der Waals surface area contributed by atoms with Gasteiger partial charge in [0.05, 0.1) is 11.9 Å². The Morgan fingerprint density at radius 2 is 2.30 bits per heavy atom. The molecule has 0 saturated heterocycles. The van der Waals surface area contributed by atoms with Crippen LogP contribution in [0.25, 0.3) is 11.1 Å². The second-order valence-electron chi connectivity index (χ2n) is 4.40. The fourth-order valence-electron chi connectivity index (χ4n) is 1.89. The fourth-order valence-corrected chi connectivity index (χ4v) is 2.85. The van der Waals surface area contributed by atoms with Crippen LogP contribution in [0.3, 0.4) is 0 Å². The van der Waals surface area contributed by atoms with Gasteiger partial charge in [-0.05, 0) is 25.1 Å². The summed E-state index contributed by atoms with van der Waals surface area (Å²) in [6.45, 7) is 2.79. The highest BCUT2D eigenvalue weighted by Gasteiger charge is 2.14. The molecule has 7 heteroatoms. The summed E-state index contributed by atoms with van der Waals surface area (Å²) >= 11 is 0. The molecule has 1 aromatic carbocycles. The molecule has 0 amide bonds. The molecule has 20 heavy (non-hydrogen) atoms. The van der Waals surface area contributed by atoms with E-state index < -0.39 is 10.8 Å². The Labute approximate surface area is 118 Å². The molecule has 1 atom stereocenters. The van der Waals surface area contributed by atoms with E-state index in [4.69, 9.17) is 10.2 Å². The number of rotatable bonds is 4. The summed E-state index contributed by atoms with van der Waals surface area (Å²) in [6, 6.07) is 5.16. The topological polar surface area (TPSA) is 86.9 Å². The Hall–Kier alpha value is -2.15. The van der Waals surface area contributed by atoms with Crippen LogP contribution in [0.4, 0.5) is 5.69 Å². The zero-order valence-corrected chi connectivity index (χ0v) is 11.8. The van der Waals surface area contributed by atoms with Crippen molar-refractivity contribution < 1.29 is 8.63 Å². The Bertz CT molecular complexity index is 778. The molecular formula is C13H14N4O2S. The molecule has 6 nitrogen and oxygen atoms in total. The SMILES string of the molecule is CCn1cc(CS(=O)c2nc3cc(N)ccc3o2)cn1. The fraction of sp³-hybridized carbons (Fsp3) is 0.231. The molecule has 0 bridgehead atoms. The minimum absolute atomic E-state index is 0.217. The lowest BCUT2D eigenvalue weighted by Gasteiger charge is -1.94. The predicted molar refractivity (Wildman–Crippen MR) is 76.4 cm³/mol. The molecule has 0 aliphatic heterocycles. The third-order valence-corrected chi connectivity index (χ3v) is 4.05. The van der Waals surface area contributed by atoms with Crippen LogP contribution in [0.1, 0.15) is 12.5 Å². The molecule has 2 aromatic heterocycles. The average molecular weight is 290 g/mol. The van der Waals surface area contributed by atoms with Crippen LogP contribution in [-0.4, -0.2) is 19.0 Å². The quantitative estimate of drug-likeness (QED) is 0.742. The summed E-state index contributed by atoms with van der Waals surface area (Å²) < 4.78 is 19.5. The number of hydrogen-bond acceptors (Lipinski definition) is 5. The molecule has 1 unspecified atom stereocenters. The number of nitrogens with zero attached hydrogens (tertiary/aromatic N) is 3. The number of oxazole rings is 1. The second-order valence-corrected chi connectivity index (χ2v) is 5.73. The highest BCUT2D eigenvalue weighted by Crippen LogP contribution is 2.21. The first kappa shape index (κ1) is 12.9. The van der Waals surface area contributed by atoms with Crippen LogP contribution in [-0.2, 0) is 23.1 Å². The third kappa shape index (κ3) is 2.44. The van der Waals surface area contributed by atoms with Crippen LogP contribution in [0.5, 0.6) is 0 Å². The molecule has 0 aliphatic rings. The number of hydrogen-bond donors (Lipinski definition) is 1. The summed E-state index contributed by atoms with van der Waals surface area (Å²) in [5.74, 6) is 0.336. The van der Waals surface area contributed by atoms with E-state index in [0.717, 1.165) is 12.1 Å². The van der Waals surface area contributed by atoms with Crippen molar-refractivity contribution in [1.82, 2.24) is 14.8 Å². The molecular weight excluding hydrogens is 276 g/mol. The molecule has 0 fully saturated rings. The highest BCUT2D eigenvalue weighted by atomic mass is 32.2. The van der Waals surface area contributed by atoms with Crippen molar-refractivity contribution in [3.8, 4) is 0 Å². The number of aryl methyl sites for hydroxylation is 1. The summed E-state index contributed by atoms with van der Waals surface area (Å²) in [5.41, 5.74) is 8.39. The van der Waals surface area contributed by atoms with Gasteiger partial charge in [-0.25, -0.2) is 9.19 Å². The van der Waals surface area contributed by atoms with Gasteiger partial charge in [-0.2, -0.15) is 5.10 Å². The van der Waals surface area contributed by atoms with Gasteiger partial charge < -0.3 is 10.2 Å². The van der Waals surface area contributed by atoms with E-state index in [2.05, 4.69) is 10.1 Å². The number of nitrogens with two attached hydrogens (primary N) is 1. The molecule has 3 aromatic rings. The van der Waals surface area contributed by atoms with E-state index in [1.807, 2.05) is 13.1 Å². The largest absolute Gasteiger partial charge is 0.430 e. The molecule has 0 radical (unpaired) electrons. The smallest absolute Gasteiger partial charge is 0.288 e. The maximum Gasteiger partial charge on any atom is 0.288 e. The number of benzene rings is 1. The average Bonchev–Trinajstić information content (AvgIpc) is 3.04. The number of nitrogen functional groups attached to an aromatic ring is 1. The van der Waals surface area contributed by atoms with Crippen LogP contribution in [0, 0.1) is 0 Å². The van der Waals surface area contributed by atoms with E-state index in [0.29, 0.717) is 22.5 Å². The van der Waals surface area contributed by atoms with Crippen LogP contribution in [0.15, 0.2) is 40.2 Å². The summed E-state index contributed by atoms with van der Waals surface area (Å²) in [7, 11) is -1.33. The van der Waals surface area contributed by atoms with Gasteiger partial charge in [0.1, 0.15) is 16.3 Å². The monoisotopic (exact) mass is 290 g/mol. The lowest BCUT2D eigenvalue weighted by Crippen LogP contribution is -1.96. The van der Waals surface area contributed by atoms with Gasteiger partial charge in [0.25, 0.3) is 5.22 Å². The van der Waals surface area contributed by atoms with Crippen LogP contribution in [0.2, 0.25) is 0 Å². The highest BCUT2D eigenvalue weighted by molar-refractivity contribution is 7.84. The van der Waals surface area contributed by atoms with E-state index in [1.165, 1.54) is 0 Å². The standard InChI is InChI=1S/C13H14N4O2S/c1-2-17-7-9(6-15-17)8-20(18)13-16-11-5-10(14)3-4-12(11)19-13/h3-7H,2,8,14H2,1H3. The van der Waals surface area contributed by atoms with E-state index in [-0.39, 0.29) is 5.22 Å². The molecule has 0 aliphatic carbocycles. The van der Waals surface area contributed by atoms with Gasteiger partial charge in [-0.15, -0.1) is 0 Å². The summed E-state index contributed by atoms with van der Waals surface area (Å²) in [5, 5.41) is 4.37. The van der Waals surface area contributed by atoms with E-state index >= 15 is 0 Å². The van der Waals surface area contributed by atoms with E-state index in [1.54, 1.807) is 29.1 Å². The first-order valence-electron chi connectivity index (χ1n) is 6.21. The van der Waals surface area contributed by atoms with Gasteiger partial charge in [-0.3, -0.25) is 4.68 Å². The summed E-state index contributed by atoms with van der Waals surface area (Å²) in [4.78, 5) is 4.22. The zero-order valence-electron chi connectivity index (χ0n) is 10.9. The van der Waals surface area contributed by atoms with Crippen LogP contribution >= 0.6 is 0 Å².